The minimum absolute atomic E-state index is 0.122. The third-order valence-electron chi connectivity index (χ3n) is 1.29. The lowest BCUT2D eigenvalue weighted by Crippen LogP contribution is -1.81. The second-order valence-corrected chi connectivity index (χ2v) is 3.61. The Kier molecular flexibility index (Phi) is 2.76. The van der Waals surface area contributed by atoms with Crippen LogP contribution in [0.15, 0.2) is 16.6 Å². The molecule has 1 rings (SSSR count). The van der Waals surface area contributed by atoms with Gasteiger partial charge >= 0.3 is 0 Å². The molecule has 1 aromatic rings. The highest BCUT2D eigenvalue weighted by Gasteiger charge is 2.03. The van der Waals surface area contributed by atoms with Gasteiger partial charge in [0.2, 0.25) is 0 Å². The fraction of sp³-hybridized carbons (Fsp3) is 0.333. The van der Waals surface area contributed by atoms with E-state index in [4.69, 9.17) is 17.1 Å². The molecule has 0 aliphatic carbocycles. The van der Waals surface area contributed by atoms with E-state index in [1.54, 1.807) is 0 Å². The highest BCUT2D eigenvalue weighted by Crippen LogP contribution is 2.26. The Balaban J connectivity index is 2.84. The summed E-state index contributed by atoms with van der Waals surface area (Å²) in [4.78, 5) is 2.71. The molecule has 0 radical (unpaired) electrons. The lowest BCUT2D eigenvalue weighted by Gasteiger charge is -1.96. The average Bonchev–Trinajstić information content (AvgIpc) is 2.36. The van der Waals surface area contributed by atoms with Crippen LogP contribution in [0.3, 0.4) is 0 Å². The second-order valence-electron chi connectivity index (χ2n) is 2.07. The van der Waals surface area contributed by atoms with Gasteiger partial charge in [0.15, 0.2) is 0 Å². The molecule has 0 saturated carbocycles. The lowest BCUT2D eigenvalue weighted by atomic mass is 10.2. The smallest absolute Gasteiger partial charge is 0.0931 e. The van der Waals surface area contributed by atoms with E-state index in [0.717, 1.165) is 9.90 Å². The Morgan fingerprint density at radius 2 is 2.55 bits per heavy atom. The fourth-order valence-electron chi connectivity index (χ4n) is 0.687. The van der Waals surface area contributed by atoms with Crippen LogP contribution in [0.2, 0.25) is 4.34 Å². The van der Waals surface area contributed by atoms with Crippen LogP contribution >= 0.6 is 22.9 Å². The summed E-state index contributed by atoms with van der Waals surface area (Å²) < 4.78 is 0.722. The highest BCUT2D eigenvalue weighted by atomic mass is 35.5. The maximum absolute atomic E-state index is 8.13. The monoisotopic (exact) mass is 187 g/mol. The normalized spacial score (nSPS) is 12.2. The van der Waals surface area contributed by atoms with Crippen LogP contribution in [0.5, 0.6) is 0 Å². The van der Waals surface area contributed by atoms with Crippen LogP contribution in [0.25, 0.3) is 10.4 Å². The van der Waals surface area contributed by atoms with Crippen molar-refractivity contribution < 1.29 is 0 Å². The topological polar surface area (TPSA) is 48.8 Å². The van der Waals surface area contributed by atoms with E-state index in [0.29, 0.717) is 0 Å². The van der Waals surface area contributed by atoms with Gasteiger partial charge in [-0.15, -0.1) is 11.3 Å². The molecule has 1 atom stereocenters. The Morgan fingerprint density at radius 1 is 1.82 bits per heavy atom. The predicted molar refractivity (Wildman–Crippen MR) is 46.9 cm³/mol. The SMILES string of the molecule is C[C@H](N=[N+]=[N-])c1csc(Cl)c1. The molecule has 0 saturated heterocycles. The molecule has 0 bridgehead atoms. The molecule has 0 fully saturated rings. The molecular formula is C6H6ClN3S. The van der Waals surface area contributed by atoms with E-state index in [1.165, 1.54) is 11.3 Å². The van der Waals surface area contributed by atoms with E-state index in [2.05, 4.69) is 10.0 Å². The van der Waals surface area contributed by atoms with Crippen molar-refractivity contribution in [2.24, 2.45) is 5.11 Å². The van der Waals surface area contributed by atoms with Crippen molar-refractivity contribution in [2.75, 3.05) is 0 Å². The minimum Gasteiger partial charge on any atom is -0.132 e. The van der Waals surface area contributed by atoms with E-state index >= 15 is 0 Å². The van der Waals surface area contributed by atoms with Crippen LogP contribution in [-0.2, 0) is 0 Å². The Morgan fingerprint density at radius 3 is 3.00 bits per heavy atom. The predicted octanol–water partition coefficient (Wildman–Crippen LogP) is 3.77. The van der Waals surface area contributed by atoms with Gasteiger partial charge in [0, 0.05) is 4.91 Å². The van der Waals surface area contributed by atoms with Gasteiger partial charge in [0.25, 0.3) is 0 Å². The largest absolute Gasteiger partial charge is 0.132 e. The van der Waals surface area contributed by atoms with Crippen LogP contribution in [-0.4, -0.2) is 0 Å². The van der Waals surface area contributed by atoms with E-state index in [1.807, 2.05) is 18.4 Å². The van der Waals surface area contributed by atoms with Crippen molar-refractivity contribution in [1.29, 1.82) is 0 Å². The maximum Gasteiger partial charge on any atom is 0.0931 e. The molecule has 5 heteroatoms. The molecule has 0 unspecified atom stereocenters. The fourth-order valence-corrected chi connectivity index (χ4v) is 1.66. The summed E-state index contributed by atoms with van der Waals surface area (Å²) in [7, 11) is 0. The van der Waals surface area contributed by atoms with Gasteiger partial charge in [0.1, 0.15) is 0 Å². The summed E-state index contributed by atoms with van der Waals surface area (Å²) in [5.74, 6) is 0. The number of halogens is 1. The Bertz CT molecular complexity index is 290. The molecular weight excluding hydrogens is 182 g/mol. The zero-order chi connectivity index (χ0) is 8.27. The van der Waals surface area contributed by atoms with Gasteiger partial charge < -0.3 is 0 Å². The van der Waals surface area contributed by atoms with Crippen molar-refractivity contribution in [3.8, 4) is 0 Å². The Hall–Kier alpha value is -0.700. The summed E-state index contributed by atoms with van der Waals surface area (Å²) >= 11 is 7.13. The number of nitrogens with zero attached hydrogens (tertiary/aromatic N) is 3. The first-order valence-electron chi connectivity index (χ1n) is 3.02. The molecule has 0 aliphatic rings. The first-order valence-corrected chi connectivity index (χ1v) is 4.28. The first-order chi connectivity index (χ1) is 5.24. The standard InChI is InChI=1S/C6H6ClN3S/c1-4(9-10-8)5-2-6(7)11-3-5/h2-4H,1H3/t4-/m0/s1. The highest BCUT2D eigenvalue weighted by molar-refractivity contribution is 7.14. The van der Waals surface area contributed by atoms with E-state index < -0.39 is 0 Å². The molecule has 1 heterocycles. The zero-order valence-electron chi connectivity index (χ0n) is 5.86. The van der Waals surface area contributed by atoms with Crippen molar-refractivity contribution in [1.82, 2.24) is 0 Å². The summed E-state index contributed by atoms with van der Waals surface area (Å²) in [5, 5.41) is 5.43. The number of hydrogen-bond donors (Lipinski definition) is 0. The quantitative estimate of drug-likeness (QED) is 0.385. The third-order valence-corrected chi connectivity index (χ3v) is 2.40. The molecule has 3 nitrogen and oxygen atoms in total. The maximum atomic E-state index is 8.13. The van der Waals surface area contributed by atoms with Gasteiger partial charge in [0.05, 0.1) is 10.4 Å². The molecule has 58 valence electrons. The molecule has 0 aromatic carbocycles. The van der Waals surface area contributed by atoms with Crippen LogP contribution < -0.4 is 0 Å². The van der Waals surface area contributed by atoms with Crippen molar-refractivity contribution in [2.45, 2.75) is 13.0 Å². The zero-order valence-corrected chi connectivity index (χ0v) is 7.43. The van der Waals surface area contributed by atoms with E-state index in [9.17, 15) is 0 Å². The number of hydrogen-bond acceptors (Lipinski definition) is 2. The molecule has 0 N–H and O–H groups in total. The molecule has 1 aromatic heterocycles. The summed E-state index contributed by atoms with van der Waals surface area (Å²) in [6.45, 7) is 1.83. The van der Waals surface area contributed by atoms with Gasteiger partial charge in [-0.2, -0.15) is 0 Å². The molecule has 0 amide bonds. The summed E-state index contributed by atoms with van der Waals surface area (Å²) in [5.41, 5.74) is 9.10. The third kappa shape index (κ3) is 2.12. The van der Waals surface area contributed by atoms with Crippen molar-refractivity contribution in [3.05, 3.63) is 31.8 Å². The van der Waals surface area contributed by atoms with Crippen molar-refractivity contribution >= 4 is 22.9 Å². The number of azide groups is 1. The second kappa shape index (κ2) is 3.62. The van der Waals surface area contributed by atoms with Crippen LogP contribution in [0.1, 0.15) is 18.5 Å². The van der Waals surface area contributed by atoms with E-state index in [-0.39, 0.29) is 6.04 Å². The van der Waals surface area contributed by atoms with Crippen LogP contribution in [0, 0.1) is 0 Å². The molecule has 11 heavy (non-hydrogen) atoms. The molecule has 0 spiro atoms. The Labute approximate surface area is 73.2 Å². The minimum atomic E-state index is -0.122. The first kappa shape index (κ1) is 8.40. The van der Waals surface area contributed by atoms with Gasteiger partial charge in [-0.1, -0.05) is 23.6 Å². The van der Waals surface area contributed by atoms with Gasteiger partial charge in [-0.05, 0) is 22.5 Å². The summed E-state index contributed by atoms with van der Waals surface area (Å²) in [6, 6.07) is 1.69. The van der Waals surface area contributed by atoms with Crippen LogP contribution in [0.4, 0.5) is 0 Å². The van der Waals surface area contributed by atoms with Crippen molar-refractivity contribution in [3.63, 3.8) is 0 Å². The average molecular weight is 188 g/mol. The van der Waals surface area contributed by atoms with Gasteiger partial charge in [-0.3, -0.25) is 0 Å². The molecule has 0 aliphatic heterocycles. The number of rotatable bonds is 2. The lowest BCUT2D eigenvalue weighted by molar-refractivity contribution is 0.812. The van der Waals surface area contributed by atoms with Gasteiger partial charge in [-0.25, -0.2) is 0 Å². The summed E-state index contributed by atoms with van der Waals surface area (Å²) in [6.07, 6.45) is 0. The number of thiophene rings is 1.